The SMILES string of the molecule is CCOc1ccc(CC(=O)N2CCN(C(=O)C(Cl)Cl)CC2)cc1. The van der Waals surface area contributed by atoms with Crippen LogP contribution in [0, 0.1) is 0 Å². The van der Waals surface area contributed by atoms with Crippen molar-refractivity contribution in [1.29, 1.82) is 0 Å². The Labute approximate surface area is 146 Å². The number of halogens is 2. The Morgan fingerprint density at radius 3 is 2.17 bits per heavy atom. The van der Waals surface area contributed by atoms with Gasteiger partial charge in [0.05, 0.1) is 13.0 Å². The third-order valence-corrected chi connectivity index (χ3v) is 4.09. The maximum atomic E-state index is 12.3. The van der Waals surface area contributed by atoms with E-state index < -0.39 is 4.84 Å². The Kier molecular flexibility index (Phi) is 6.54. The molecule has 0 aromatic heterocycles. The summed E-state index contributed by atoms with van der Waals surface area (Å²) in [7, 11) is 0. The van der Waals surface area contributed by atoms with Crippen LogP contribution in [0.3, 0.4) is 0 Å². The van der Waals surface area contributed by atoms with Gasteiger partial charge in [0.2, 0.25) is 5.91 Å². The number of carbonyl (C=O) groups excluding carboxylic acids is 2. The third-order valence-electron chi connectivity index (χ3n) is 3.72. The van der Waals surface area contributed by atoms with Gasteiger partial charge >= 0.3 is 0 Å². The van der Waals surface area contributed by atoms with Gasteiger partial charge in [0.1, 0.15) is 5.75 Å². The number of hydrogen-bond donors (Lipinski definition) is 0. The van der Waals surface area contributed by atoms with E-state index in [1.165, 1.54) is 0 Å². The fraction of sp³-hybridized carbons (Fsp3) is 0.500. The summed E-state index contributed by atoms with van der Waals surface area (Å²) in [5.41, 5.74) is 0.943. The van der Waals surface area contributed by atoms with Crippen LogP contribution in [0.25, 0.3) is 0 Å². The topological polar surface area (TPSA) is 49.9 Å². The van der Waals surface area contributed by atoms with Crippen LogP contribution in [0.1, 0.15) is 12.5 Å². The van der Waals surface area contributed by atoms with Gasteiger partial charge in [-0.25, -0.2) is 0 Å². The number of amides is 2. The smallest absolute Gasteiger partial charge is 0.255 e. The molecular formula is C16H20Cl2N2O3. The summed E-state index contributed by atoms with van der Waals surface area (Å²) in [6.45, 7) is 4.48. The largest absolute Gasteiger partial charge is 0.494 e. The van der Waals surface area contributed by atoms with Crippen LogP contribution in [0.2, 0.25) is 0 Å². The monoisotopic (exact) mass is 358 g/mol. The average molecular weight is 359 g/mol. The molecule has 1 aliphatic rings. The lowest BCUT2D eigenvalue weighted by Gasteiger charge is -2.35. The zero-order valence-electron chi connectivity index (χ0n) is 13.0. The van der Waals surface area contributed by atoms with Crippen molar-refractivity contribution in [3.63, 3.8) is 0 Å². The van der Waals surface area contributed by atoms with Gasteiger partial charge in [-0.15, -0.1) is 0 Å². The van der Waals surface area contributed by atoms with Crippen molar-refractivity contribution in [1.82, 2.24) is 9.80 Å². The van der Waals surface area contributed by atoms with E-state index in [4.69, 9.17) is 27.9 Å². The van der Waals surface area contributed by atoms with Crippen LogP contribution in [-0.4, -0.2) is 59.2 Å². The first-order chi connectivity index (χ1) is 11.0. The van der Waals surface area contributed by atoms with Crippen LogP contribution in [-0.2, 0) is 16.0 Å². The van der Waals surface area contributed by atoms with E-state index in [1.54, 1.807) is 9.80 Å². The maximum Gasteiger partial charge on any atom is 0.255 e. The number of hydrogen-bond acceptors (Lipinski definition) is 3. The highest BCUT2D eigenvalue weighted by Crippen LogP contribution is 2.14. The molecular weight excluding hydrogens is 339 g/mol. The Morgan fingerprint density at radius 2 is 1.65 bits per heavy atom. The van der Waals surface area contributed by atoms with Gasteiger partial charge < -0.3 is 14.5 Å². The molecule has 2 rings (SSSR count). The van der Waals surface area contributed by atoms with Gasteiger partial charge in [-0.05, 0) is 24.6 Å². The number of benzene rings is 1. The molecule has 1 aliphatic heterocycles. The van der Waals surface area contributed by atoms with Crippen LogP contribution >= 0.6 is 23.2 Å². The third kappa shape index (κ3) is 5.01. The summed E-state index contributed by atoms with van der Waals surface area (Å²) in [6.07, 6.45) is 0.341. The number of carbonyl (C=O) groups is 2. The minimum atomic E-state index is -1.04. The molecule has 7 heteroatoms. The quantitative estimate of drug-likeness (QED) is 0.757. The van der Waals surface area contributed by atoms with Gasteiger partial charge in [0.25, 0.3) is 5.91 Å². The van der Waals surface area contributed by atoms with Crippen LogP contribution in [0.15, 0.2) is 24.3 Å². The molecule has 1 aromatic rings. The molecule has 1 saturated heterocycles. The van der Waals surface area contributed by atoms with E-state index in [0.29, 0.717) is 39.2 Å². The number of alkyl halides is 2. The lowest BCUT2D eigenvalue weighted by Crippen LogP contribution is -2.52. The van der Waals surface area contributed by atoms with Gasteiger partial charge in [-0.1, -0.05) is 35.3 Å². The molecule has 23 heavy (non-hydrogen) atoms. The second kappa shape index (κ2) is 8.41. The number of rotatable bonds is 5. The fourth-order valence-electron chi connectivity index (χ4n) is 2.47. The van der Waals surface area contributed by atoms with Crippen molar-refractivity contribution >= 4 is 35.0 Å². The summed E-state index contributed by atoms with van der Waals surface area (Å²) < 4.78 is 5.38. The van der Waals surface area contributed by atoms with E-state index in [0.717, 1.165) is 11.3 Å². The summed E-state index contributed by atoms with van der Waals surface area (Å²) in [6, 6.07) is 7.52. The minimum Gasteiger partial charge on any atom is -0.494 e. The highest BCUT2D eigenvalue weighted by molar-refractivity contribution is 6.53. The predicted molar refractivity (Wildman–Crippen MR) is 90.0 cm³/mol. The standard InChI is InChI=1S/C16H20Cl2N2O3/c1-2-23-13-5-3-12(4-6-13)11-14(21)19-7-9-20(10-8-19)16(22)15(17)18/h3-6,15H,2,7-11H2,1H3. The van der Waals surface area contributed by atoms with E-state index in [1.807, 2.05) is 31.2 Å². The predicted octanol–water partition coefficient (Wildman–Crippen LogP) is 2.10. The minimum absolute atomic E-state index is 0.0505. The molecule has 5 nitrogen and oxygen atoms in total. The van der Waals surface area contributed by atoms with Gasteiger partial charge in [0, 0.05) is 26.2 Å². The fourth-order valence-corrected chi connectivity index (χ4v) is 2.75. The van der Waals surface area contributed by atoms with E-state index in [9.17, 15) is 9.59 Å². The second-order valence-electron chi connectivity index (χ2n) is 5.26. The highest BCUT2D eigenvalue weighted by atomic mass is 35.5. The number of ether oxygens (including phenoxy) is 1. The molecule has 1 heterocycles. The second-order valence-corrected chi connectivity index (χ2v) is 6.36. The van der Waals surface area contributed by atoms with Crippen molar-refractivity contribution < 1.29 is 14.3 Å². The van der Waals surface area contributed by atoms with E-state index >= 15 is 0 Å². The zero-order valence-corrected chi connectivity index (χ0v) is 14.5. The molecule has 1 aromatic carbocycles. The van der Waals surface area contributed by atoms with E-state index in [-0.39, 0.29) is 11.8 Å². The lowest BCUT2D eigenvalue weighted by atomic mass is 10.1. The molecule has 2 amide bonds. The first kappa shape index (κ1) is 17.9. The molecule has 0 N–H and O–H groups in total. The summed E-state index contributed by atoms with van der Waals surface area (Å²) >= 11 is 11.2. The van der Waals surface area contributed by atoms with Crippen molar-refractivity contribution in [2.24, 2.45) is 0 Å². The van der Waals surface area contributed by atoms with Crippen molar-refractivity contribution in [2.45, 2.75) is 18.2 Å². The Bertz CT molecular complexity index is 541. The molecule has 0 bridgehead atoms. The molecule has 0 spiro atoms. The zero-order chi connectivity index (χ0) is 16.8. The Hall–Kier alpha value is -1.46. The Morgan fingerprint density at radius 1 is 1.09 bits per heavy atom. The highest BCUT2D eigenvalue weighted by Gasteiger charge is 2.26. The summed E-state index contributed by atoms with van der Waals surface area (Å²) in [4.78, 5) is 26.3. The summed E-state index contributed by atoms with van der Waals surface area (Å²) in [5, 5.41) is 0. The normalized spacial score (nSPS) is 15.0. The van der Waals surface area contributed by atoms with Gasteiger partial charge in [-0.2, -0.15) is 0 Å². The first-order valence-corrected chi connectivity index (χ1v) is 8.45. The molecule has 0 atom stereocenters. The van der Waals surface area contributed by atoms with Crippen molar-refractivity contribution in [3.8, 4) is 5.75 Å². The molecule has 126 valence electrons. The first-order valence-electron chi connectivity index (χ1n) is 7.57. The maximum absolute atomic E-state index is 12.3. The average Bonchev–Trinajstić information content (AvgIpc) is 2.56. The van der Waals surface area contributed by atoms with Crippen molar-refractivity contribution in [3.05, 3.63) is 29.8 Å². The molecule has 0 radical (unpaired) electrons. The van der Waals surface area contributed by atoms with Gasteiger partial charge in [-0.3, -0.25) is 9.59 Å². The molecule has 1 fully saturated rings. The van der Waals surface area contributed by atoms with Crippen molar-refractivity contribution in [2.75, 3.05) is 32.8 Å². The van der Waals surface area contributed by atoms with Crippen LogP contribution < -0.4 is 4.74 Å². The molecule has 0 aliphatic carbocycles. The number of nitrogens with zero attached hydrogens (tertiary/aromatic N) is 2. The molecule has 0 unspecified atom stereocenters. The number of piperazine rings is 1. The van der Waals surface area contributed by atoms with Gasteiger partial charge in [0.15, 0.2) is 4.84 Å². The Balaban J connectivity index is 1.84. The summed E-state index contributed by atoms with van der Waals surface area (Å²) in [5.74, 6) is 0.550. The lowest BCUT2D eigenvalue weighted by molar-refractivity contribution is -0.138. The van der Waals surface area contributed by atoms with Crippen LogP contribution in [0.4, 0.5) is 0 Å². The molecule has 0 saturated carbocycles. The van der Waals surface area contributed by atoms with E-state index in [2.05, 4.69) is 0 Å². The van der Waals surface area contributed by atoms with Crippen LogP contribution in [0.5, 0.6) is 5.75 Å².